The predicted octanol–water partition coefficient (Wildman–Crippen LogP) is -3.01. The molecule has 58 heavy (non-hydrogen) atoms. The van der Waals surface area contributed by atoms with E-state index in [1.807, 2.05) is 0 Å². The minimum Gasteiger partial charge on any atom is -0.463 e. The monoisotopic (exact) mass is 840 g/mol. The van der Waals surface area contributed by atoms with Crippen LogP contribution in [0.2, 0.25) is 0 Å². The molecule has 3 aliphatic rings. The largest absolute Gasteiger partial charge is 0.463 e. The zero-order valence-electron chi connectivity index (χ0n) is 32.7. The van der Waals surface area contributed by atoms with E-state index >= 15 is 0 Å². The average Bonchev–Trinajstić information content (AvgIpc) is 3.09. The summed E-state index contributed by atoms with van der Waals surface area (Å²) in [6.45, 7) is 6.11. The quantitative estimate of drug-likeness (QED) is 0.109. The molecule has 24 heteroatoms. The third-order valence-corrected chi connectivity index (χ3v) is 8.27. The van der Waals surface area contributed by atoms with Crippen molar-refractivity contribution in [2.24, 2.45) is 0 Å². The van der Waals surface area contributed by atoms with Crippen LogP contribution in [0.15, 0.2) is 0 Å². The number of aliphatic hydroxyl groups excluding tert-OH is 3. The molecule has 328 valence electrons. The molecule has 0 amide bonds. The lowest BCUT2D eigenvalue weighted by Crippen LogP contribution is -2.66. The van der Waals surface area contributed by atoms with Crippen LogP contribution < -0.4 is 0 Å². The number of rotatable bonds is 15. The summed E-state index contributed by atoms with van der Waals surface area (Å²) in [6.07, 6.45) is -26.2. The third kappa shape index (κ3) is 13.5. The second-order valence-electron chi connectivity index (χ2n) is 13.1. The molecule has 0 saturated carbocycles. The molecule has 3 N–H and O–H groups in total. The zero-order chi connectivity index (χ0) is 43.6. The van der Waals surface area contributed by atoms with Gasteiger partial charge in [-0.05, 0) is 0 Å². The van der Waals surface area contributed by atoms with Crippen LogP contribution in [0.1, 0.15) is 55.4 Å². The molecule has 0 aromatic rings. The first-order chi connectivity index (χ1) is 27.1. The van der Waals surface area contributed by atoms with Crippen LogP contribution in [0.3, 0.4) is 0 Å². The van der Waals surface area contributed by atoms with E-state index in [-0.39, 0.29) is 0 Å². The van der Waals surface area contributed by atoms with E-state index in [1.54, 1.807) is 0 Å². The van der Waals surface area contributed by atoms with Crippen LogP contribution >= 0.6 is 0 Å². The normalized spacial score (nSPS) is 34.6. The van der Waals surface area contributed by atoms with Gasteiger partial charge in [0.15, 0.2) is 55.5 Å². The van der Waals surface area contributed by atoms with Gasteiger partial charge >= 0.3 is 47.8 Å². The van der Waals surface area contributed by atoms with Crippen molar-refractivity contribution in [3.63, 3.8) is 0 Å². The zero-order valence-corrected chi connectivity index (χ0v) is 32.7. The first kappa shape index (κ1) is 47.8. The number of carbonyl (C=O) groups is 8. The minimum atomic E-state index is -2.14. The van der Waals surface area contributed by atoms with Gasteiger partial charge in [-0.15, -0.1) is 0 Å². The Bertz CT molecular complexity index is 1500. The first-order valence-corrected chi connectivity index (χ1v) is 17.7. The van der Waals surface area contributed by atoms with Gasteiger partial charge in [-0.3, -0.25) is 38.4 Å². The summed E-state index contributed by atoms with van der Waals surface area (Å²) in [7, 11) is 0. The molecule has 3 aliphatic heterocycles. The van der Waals surface area contributed by atoms with Crippen LogP contribution in [0.25, 0.3) is 0 Å². The van der Waals surface area contributed by atoms with Gasteiger partial charge in [0.2, 0.25) is 0 Å². The maximum atomic E-state index is 12.3. The van der Waals surface area contributed by atoms with Crippen molar-refractivity contribution >= 4 is 47.8 Å². The Balaban J connectivity index is 1.97. The van der Waals surface area contributed by atoms with E-state index in [9.17, 15) is 53.7 Å². The summed E-state index contributed by atoms with van der Waals surface area (Å²) in [4.78, 5) is 96.4. The molecule has 0 radical (unpaired) electrons. The van der Waals surface area contributed by atoms with Crippen molar-refractivity contribution in [3.05, 3.63) is 0 Å². The van der Waals surface area contributed by atoms with Gasteiger partial charge in [0.05, 0.1) is 6.61 Å². The van der Waals surface area contributed by atoms with Gasteiger partial charge in [0.1, 0.15) is 49.8 Å². The Kier molecular flexibility index (Phi) is 17.7. The summed E-state index contributed by atoms with van der Waals surface area (Å²) in [5, 5.41) is 33.2. The topological polar surface area (TPSA) is 317 Å². The highest BCUT2D eigenvalue weighted by Gasteiger charge is 2.57. The number of esters is 8. The summed E-state index contributed by atoms with van der Waals surface area (Å²) < 4.78 is 71.0. The molecular weight excluding hydrogens is 792 g/mol. The van der Waals surface area contributed by atoms with E-state index < -0.39 is 160 Å². The maximum absolute atomic E-state index is 12.3. The maximum Gasteiger partial charge on any atom is 0.303 e. The van der Waals surface area contributed by atoms with Crippen molar-refractivity contribution in [1.82, 2.24) is 0 Å². The highest BCUT2D eigenvalue weighted by atomic mass is 16.8. The van der Waals surface area contributed by atoms with Crippen LogP contribution in [0.4, 0.5) is 0 Å². The van der Waals surface area contributed by atoms with E-state index in [0.29, 0.717) is 0 Å². The molecular formula is C34H48O24. The Morgan fingerprint density at radius 1 is 0.397 bits per heavy atom. The highest BCUT2D eigenvalue weighted by molar-refractivity contribution is 5.70. The number of hydrogen-bond donors (Lipinski definition) is 3. The van der Waals surface area contributed by atoms with Crippen molar-refractivity contribution in [1.29, 1.82) is 0 Å². The van der Waals surface area contributed by atoms with Gasteiger partial charge in [-0.25, -0.2) is 0 Å². The Morgan fingerprint density at radius 2 is 0.759 bits per heavy atom. The fourth-order valence-electron chi connectivity index (χ4n) is 6.18. The van der Waals surface area contributed by atoms with Crippen molar-refractivity contribution in [2.75, 3.05) is 19.8 Å². The summed E-state index contributed by atoms with van der Waals surface area (Å²) >= 11 is 0. The molecule has 0 spiro atoms. The molecule has 3 heterocycles. The number of hydrogen-bond acceptors (Lipinski definition) is 24. The number of aliphatic hydroxyl groups is 3. The third-order valence-electron chi connectivity index (χ3n) is 8.27. The second-order valence-corrected chi connectivity index (χ2v) is 13.1. The average molecular weight is 841 g/mol. The van der Waals surface area contributed by atoms with Crippen molar-refractivity contribution < 1.29 is 115 Å². The lowest BCUT2D eigenvalue weighted by atomic mass is 9.96. The smallest absolute Gasteiger partial charge is 0.303 e. The Hall–Kier alpha value is -4.56. The lowest BCUT2D eigenvalue weighted by molar-refractivity contribution is -0.362. The minimum absolute atomic E-state index is 0.586. The fraction of sp³-hybridized carbons (Fsp3) is 0.765. The van der Waals surface area contributed by atoms with Crippen molar-refractivity contribution in [2.45, 2.75) is 148 Å². The standard InChI is InChI=1S/C34H48O24/c1-12(35)46-10-21-25(49-14(3)37)28(51-16(5)39)30(53-18(7)41)33(56-21)48-9-20-23(43)27(24(44)32(45)55-20)58-34-31(54-19(8)42)29(52-17(6)40)26(50-15(4)38)22(57-34)11-47-13(2)36/h20-34,43-45H,9-11H2,1-8H3/t20-,21-,22-,23+,24-,25+,26+,27+,28+,29+,30-,31-,32+,33-,34+/m1/s1. The van der Waals surface area contributed by atoms with Crippen LogP contribution in [0, 0.1) is 0 Å². The van der Waals surface area contributed by atoms with E-state index in [2.05, 4.69) is 0 Å². The molecule has 0 bridgehead atoms. The van der Waals surface area contributed by atoms with E-state index in [4.69, 9.17) is 61.6 Å². The van der Waals surface area contributed by atoms with E-state index in [0.717, 1.165) is 55.4 Å². The molecule has 0 aromatic carbocycles. The van der Waals surface area contributed by atoms with Gasteiger partial charge in [0.25, 0.3) is 0 Å². The summed E-state index contributed by atoms with van der Waals surface area (Å²) in [5.74, 6) is -7.15. The Labute approximate surface area is 330 Å². The van der Waals surface area contributed by atoms with Gasteiger partial charge in [-0.1, -0.05) is 0 Å². The molecule has 24 nitrogen and oxygen atoms in total. The molecule has 0 unspecified atom stereocenters. The number of carbonyl (C=O) groups excluding carboxylic acids is 8. The lowest BCUT2D eigenvalue weighted by Gasteiger charge is -2.47. The van der Waals surface area contributed by atoms with E-state index in [1.165, 1.54) is 0 Å². The predicted molar refractivity (Wildman–Crippen MR) is 178 cm³/mol. The first-order valence-electron chi connectivity index (χ1n) is 17.7. The molecule has 0 aromatic heterocycles. The van der Waals surface area contributed by atoms with Gasteiger partial charge < -0.3 is 76.9 Å². The van der Waals surface area contributed by atoms with Crippen molar-refractivity contribution in [3.8, 4) is 0 Å². The fourth-order valence-corrected chi connectivity index (χ4v) is 6.18. The van der Waals surface area contributed by atoms with Gasteiger partial charge in [0, 0.05) is 55.4 Å². The molecule has 15 atom stereocenters. The second kappa shape index (κ2) is 21.4. The Morgan fingerprint density at radius 3 is 1.16 bits per heavy atom. The summed E-state index contributed by atoms with van der Waals surface area (Å²) in [5.41, 5.74) is 0. The number of ether oxygens (including phenoxy) is 13. The molecule has 3 fully saturated rings. The molecule has 0 aliphatic carbocycles. The van der Waals surface area contributed by atoms with Crippen LogP contribution in [-0.4, -0.2) is 175 Å². The molecule has 3 saturated heterocycles. The SMILES string of the molecule is CC(=O)OC[C@H]1O[C@@H](OC[C@H]2O[C@H](O)[C@H](O)[C@@H](O[C@@H]3O[C@H](COC(C)=O)[C@H](OC(C)=O)[C@H](OC(C)=O)[C@H]3OC(C)=O)[C@H]2O)[C@H](OC(C)=O)[C@@H](OC(C)=O)[C@H]1OC(C)=O. The summed E-state index contributed by atoms with van der Waals surface area (Å²) in [6, 6.07) is 0. The van der Waals surface area contributed by atoms with Crippen LogP contribution in [-0.2, 0) is 99.9 Å². The van der Waals surface area contributed by atoms with Gasteiger partial charge in [-0.2, -0.15) is 0 Å². The highest BCUT2D eigenvalue weighted by Crippen LogP contribution is 2.35. The molecule has 3 rings (SSSR count). The van der Waals surface area contributed by atoms with Crippen LogP contribution in [0.5, 0.6) is 0 Å².